The topological polar surface area (TPSA) is 55.5 Å². The maximum Gasteiger partial charge on any atom is 0.420 e. The van der Waals surface area contributed by atoms with Crippen LogP contribution in [-0.2, 0) is 4.79 Å². The van der Waals surface area contributed by atoms with Gasteiger partial charge in [-0.2, -0.15) is 0 Å². The largest absolute Gasteiger partial charge is 0.420 e. The predicted molar refractivity (Wildman–Crippen MR) is 85.2 cm³/mol. The molecule has 0 aliphatic carbocycles. The number of carbonyl (C=O) groups excluding carboxylic acids is 1. The molecular weight excluding hydrogens is 304 g/mol. The van der Waals surface area contributed by atoms with E-state index in [9.17, 15) is 9.59 Å². The number of fused-ring (bicyclic) bond motifs is 1. The standard InChI is InChI=1S/C16H19ClN2O3/c1-10(2)15(20)18-7-3-4-12(9-18)19-13-8-11(17)5-6-14(13)22-16(19)21/h5-6,8,10,12H,3-4,7,9H2,1-2H3. The van der Waals surface area contributed by atoms with Crippen LogP contribution in [0.15, 0.2) is 27.4 Å². The van der Waals surface area contributed by atoms with Crippen LogP contribution in [0.4, 0.5) is 0 Å². The molecule has 0 spiro atoms. The molecule has 1 saturated heterocycles. The Balaban J connectivity index is 1.97. The summed E-state index contributed by atoms with van der Waals surface area (Å²) >= 11 is 6.04. The molecule has 3 rings (SSSR count). The Hall–Kier alpha value is -1.75. The van der Waals surface area contributed by atoms with Crippen LogP contribution in [-0.4, -0.2) is 28.5 Å². The lowest BCUT2D eigenvalue weighted by atomic mass is 10.0. The molecule has 118 valence electrons. The van der Waals surface area contributed by atoms with Crippen molar-refractivity contribution in [1.82, 2.24) is 9.47 Å². The van der Waals surface area contributed by atoms with Gasteiger partial charge in [-0.05, 0) is 31.0 Å². The monoisotopic (exact) mass is 322 g/mol. The van der Waals surface area contributed by atoms with Gasteiger partial charge in [0.15, 0.2) is 5.58 Å². The van der Waals surface area contributed by atoms with Gasteiger partial charge in [-0.3, -0.25) is 9.36 Å². The Bertz CT molecular complexity index is 762. The summed E-state index contributed by atoms with van der Waals surface area (Å²) in [6, 6.07) is 5.08. The normalized spacial score (nSPS) is 19.1. The van der Waals surface area contributed by atoms with Crippen molar-refractivity contribution in [2.24, 2.45) is 5.92 Å². The second-order valence-corrected chi connectivity index (χ2v) is 6.52. The van der Waals surface area contributed by atoms with Crippen molar-refractivity contribution in [2.75, 3.05) is 13.1 Å². The van der Waals surface area contributed by atoms with Gasteiger partial charge in [-0.15, -0.1) is 0 Å². The minimum Gasteiger partial charge on any atom is -0.408 e. The van der Waals surface area contributed by atoms with E-state index in [0.29, 0.717) is 22.7 Å². The van der Waals surface area contributed by atoms with Crippen LogP contribution in [0.5, 0.6) is 0 Å². The zero-order chi connectivity index (χ0) is 15.9. The van der Waals surface area contributed by atoms with Crippen molar-refractivity contribution < 1.29 is 9.21 Å². The van der Waals surface area contributed by atoms with E-state index >= 15 is 0 Å². The Morgan fingerprint density at radius 3 is 2.91 bits per heavy atom. The zero-order valence-electron chi connectivity index (χ0n) is 12.7. The van der Waals surface area contributed by atoms with Crippen LogP contribution in [0.2, 0.25) is 5.02 Å². The number of amides is 1. The summed E-state index contributed by atoms with van der Waals surface area (Å²) in [4.78, 5) is 26.3. The molecule has 1 aromatic carbocycles. The molecule has 0 saturated carbocycles. The summed E-state index contributed by atoms with van der Waals surface area (Å²) in [6.07, 6.45) is 1.73. The van der Waals surface area contributed by atoms with Crippen molar-refractivity contribution >= 4 is 28.6 Å². The third kappa shape index (κ3) is 2.65. The van der Waals surface area contributed by atoms with Crippen LogP contribution < -0.4 is 5.76 Å². The molecule has 1 unspecified atom stereocenters. The minimum atomic E-state index is -0.388. The first-order valence-electron chi connectivity index (χ1n) is 7.56. The van der Waals surface area contributed by atoms with E-state index in [1.54, 1.807) is 22.8 Å². The Labute approximate surface area is 133 Å². The number of piperidine rings is 1. The van der Waals surface area contributed by atoms with Crippen molar-refractivity contribution in [3.05, 3.63) is 33.8 Å². The second-order valence-electron chi connectivity index (χ2n) is 6.09. The highest BCUT2D eigenvalue weighted by Gasteiger charge is 2.28. The highest BCUT2D eigenvalue weighted by molar-refractivity contribution is 6.31. The first-order chi connectivity index (χ1) is 10.5. The smallest absolute Gasteiger partial charge is 0.408 e. The van der Waals surface area contributed by atoms with Crippen molar-refractivity contribution in [1.29, 1.82) is 0 Å². The summed E-state index contributed by atoms with van der Waals surface area (Å²) in [6.45, 7) is 5.08. The van der Waals surface area contributed by atoms with Crippen LogP contribution in [0.1, 0.15) is 32.7 Å². The van der Waals surface area contributed by atoms with Crippen LogP contribution >= 0.6 is 11.6 Å². The number of carbonyl (C=O) groups is 1. The van der Waals surface area contributed by atoms with Gasteiger partial charge < -0.3 is 9.32 Å². The highest BCUT2D eigenvalue weighted by atomic mass is 35.5. The highest BCUT2D eigenvalue weighted by Crippen LogP contribution is 2.27. The quantitative estimate of drug-likeness (QED) is 0.853. The Morgan fingerprint density at radius 1 is 1.41 bits per heavy atom. The maximum absolute atomic E-state index is 12.2. The fourth-order valence-electron chi connectivity index (χ4n) is 3.08. The fourth-order valence-corrected chi connectivity index (χ4v) is 3.25. The molecule has 1 aromatic heterocycles. The van der Waals surface area contributed by atoms with E-state index in [1.165, 1.54) is 0 Å². The maximum atomic E-state index is 12.2. The number of oxazole rings is 1. The molecule has 1 fully saturated rings. The molecule has 5 nitrogen and oxygen atoms in total. The number of hydrogen-bond acceptors (Lipinski definition) is 3. The van der Waals surface area contributed by atoms with Crippen molar-refractivity contribution in [2.45, 2.75) is 32.7 Å². The number of hydrogen-bond donors (Lipinski definition) is 0. The number of likely N-dealkylation sites (tertiary alicyclic amines) is 1. The minimum absolute atomic E-state index is 0.0361. The summed E-state index contributed by atoms with van der Waals surface area (Å²) in [5, 5.41) is 0.563. The fraction of sp³-hybridized carbons (Fsp3) is 0.500. The van der Waals surface area contributed by atoms with Gasteiger partial charge in [-0.25, -0.2) is 4.79 Å². The number of rotatable bonds is 2. The molecule has 0 bridgehead atoms. The Kier molecular flexibility index (Phi) is 4.00. The Morgan fingerprint density at radius 2 is 2.18 bits per heavy atom. The van der Waals surface area contributed by atoms with E-state index in [4.69, 9.17) is 16.0 Å². The molecule has 2 heterocycles. The van der Waals surface area contributed by atoms with Gasteiger partial charge in [0.1, 0.15) is 0 Å². The number of benzene rings is 1. The SMILES string of the molecule is CC(C)C(=O)N1CCCC(n2c(=O)oc3ccc(Cl)cc32)C1. The van der Waals surface area contributed by atoms with Gasteiger partial charge in [0.25, 0.3) is 0 Å². The van der Waals surface area contributed by atoms with Crippen LogP contribution in [0, 0.1) is 5.92 Å². The van der Waals surface area contributed by atoms with E-state index in [0.717, 1.165) is 19.4 Å². The van der Waals surface area contributed by atoms with Crippen molar-refractivity contribution in [3.63, 3.8) is 0 Å². The predicted octanol–water partition coefficient (Wildman–Crippen LogP) is 3.07. The second kappa shape index (κ2) is 5.80. The molecule has 1 amide bonds. The summed E-state index contributed by atoms with van der Waals surface area (Å²) in [5.41, 5.74) is 1.23. The van der Waals surface area contributed by atoms with E-state index in [2.05, 4.69) is 0 Å². The summed E-state index contributed by atoms with van der Waals surface area (Å²) in [5.74, 6) is -0.296. The lowest BCUT2D eigenvalue weighted by molar-refractivity contribution is -0.136. The van der Waals surface area contributed by atoms with E-state index in [-0.39, 0.29) is 23.6 Å². The first kappa shape index (κ1) is 15.2. The van der Waals surface area contributed by atoms with Crippen LogP contribution in [0.3, 0.4) is 0 Å². The molecule has 22 heavy (non-hydrogen) atoms. The average Bonchev–Trinajstić information content (AvgIpc) is 2.81. The number of halogens is 1. The lowest BCUT2D eigenvalue weighted by Gasteiger charge is -2.34. The molecule has 0 radical (unpaired) electrons. The molecule has 0 N–H and O–H groups in total. The molecule has 1 atom stereocenters. The third-order valence-electron chi connectivity index (χ3n) is 4.14. The van der Waals surface area contributed by atoms with Gasteiger partial charge in [-0.1, -0.05) is 25.4 Å². The average molecular weight is 323 g/mol. The van der Waals surface area contributed by atoms with Gasteiger partial charge >= 0.3 is 5.76 Å². The van der Waals surface area contributed by atoms with Crippen LogP contribution in [0.25, 0.3) is 11.1 Å². The molecule has 2 aromatic rings. The van der Waals surface area contributed by atoms with Gasteiger partial charge in [0.2, 0.25) is 5.91 Å². The number of nitrogens with zero attached hydrogens (tertiary/aromatic N) is 2. The van der Waals surface area contributed by atoms with Crippen molar-refractivity contribution in [3.8, 4) is 0 Å². The van der Waals surface area contributed by atoms with E-state index in [1.807, 2.05) is 18.7 Å². The molecule has 6 heteroatoms. The molecule has 1 aliphatic heterocycles. The summed E-state index contributed by atoms with van der Waals surface area (Å²) < 4.78 is 6.94. The van der Waals surface area contributed by atoms with Gasteiger partial charge in [0.05, 0.1) is 11.6 Å². The molecular formula is C16H19ClN2O3. The third-order valence-corrected chi connectivity index (χ3v) is 4.38. The summed E-state index contributed by atoms with van der Waals surface area (Å²) in [7, 11) is 0. The lowest BCUT2D eigenvalue weighted by Crippen LogP contribution is -2.43. The van der Waals surface area contributed by atoms with E-state index < -0.39 is 0 Å². The zero-order valence-corrected chi connectivity index (χ0v) is 13.5. The number of aromatic nitrogens is 1. The molecule has 1 aliphatic rings. The van der Waals surface area contributed by atoms with Gasteiger partial charge in [0, 0.05) is 24.0 Å². The first-order valence-corrected chi connectivity index (χ1v) is 7.94.